The maximum atomic E-state index is 13.5. The fraction of sp³-hybridized carbons (Fsp3) is 0.714. The third-order valence-corrected chi connectivity index (χ3v) is 8.96. The number of nitrogens with one attached hydrogen (secondary N) is 1. The molecule has 2 atom stereocenters. The minimum absolute atomic E-state index is 0.101. The summed E-state index contributed by atoms with van der Waals surface area (Å²) in [6.45, 7) is 9.85. The smallest absolute Gasteiger partial charge is 0.258 e. The van der Waals surface area contributed by atoms with Crippen molar-refractivity contribution in [1.82, 2.24) is 30.0 Å². The molecule has 5 fully saturated rings. The highest BCUT2D eigenvalue weighted by Gasteiger charge is 2.55. The van der Waals surface area contributed by atoms with E-state index in [0.29, 0.717) is 48.3 Å². The van der Waals surface area contributed by atoms with Crippen LogP contribution in [0.2, 0.25) is 0 Å². The van der Waals surface area contributed by atoms with E-state index in [9.17, 15) is 9.90 Å². The summed E-state index contributed by atoms with van der Waals surface area (Å²) in [4.78, 5) is 26.9. The minimum atomic E-state index is -0.506. The third kappa shape index (κ3) is 5.25. The van der Waals surface area contributed by atoms with Crippen molar-refractivity contribution >= 4 is 11.9 Å². The molecule has 206 valence electrons. The van der Waals surface area contributed by atoms with Gasteiger partial charge in [-0.3, -0.25) is 9.69 Å². The van der Waals surface area contributed by atoms with Crippen LogP contribution in [-0.2, 0) is 6.54 Å². The number of hydrogen-bond acceptors (Lipinski definition) is 8. The number of carbonyl (C=O) groups excluding carboxylic acids is 1. The predicted octanol–water partition coefficient (Wildman–Crippen LogP) is 2.20. The van der Waals surface area contributed by atoms with Crippen molar-refractivity contribution in [2.24, 2.45) is 23.7 Å². The Balaban J connectivity index is 1.09. The monoisotopic (exact) mass is 523 g/mol. The van der Waals surface area contributed by atoms with Crippen LogP contribution in [0, 0.1) is 23.7 Å². The van der Waals surface area contributed by atoms with Crippen LogP contribution in [-0.4, -0.2) is 86.6 Å². The average molecular weight is 524 g/mol. The molecule has 10 heteroatoms. The van der Waals surface area contributed by atoms with Gasteiger partial charge in [0.1, 0.15) is 5.56 Å². The second kappa shape index (κ2) is 10.4. The van der Waals surface area contributed by atoms with E-state index in [1.54, 1.807) is 18.6 Å². The molecule has 1 aliphatic heterocycles. The van der Waals surface area contributed by atoms with Crippen molar-refractivity contribution in [1.29, 1.82) is 0 Å². The van der Waals surface area contributed by atoms with Crippen LogP contribution >= 0.6 is 0 Å². The Morgan fingerprint density at radius 1 is 1.11 bits per heavy atom. The van der Waals surface area contributed by atoms with Gasteiger partial charge >= 0.3 is 0 Å². The van der Waals surface area contributed by atoms with Crippen LogP contribution in [0.15, 0.2) is 24.7 Å². The van der Waals surface area contributed by atoms with E-state index in [2.05, 4.69) is 44.0 Å². The van der Waals surface area contributed by atoms with Crippen LogP contribution in [0.25, 0.3) is 0 Å². The summed E-state index contributed by atoms with van der Waals surface area (Å²) in [7, 11) is 0. The molecule has 2 N–H and O–H groups in total. The lowest BCUT2D eigenvalue weighted by Crippen LogP contribution is -2.61. The summed E-state index contributed by atoms with van der Waals surface area (Å²) < 4.78 is 8.04. The van der Waals surface area contributed by atoms with E-state index in [0.717, 1.165) is 70.8 Å². The quantitative estimate of drug-likeness (QED) is 0.515. The first-order valence-corrected chi connectivity index (χ1v) is 14.3. The van der Waals surface area contributed by atoms with Crippen molar-refractivity contribution in [2.75, 3.05) is 44.2 Å². The lowest BCUT2D eigenvalue weighted by Gasteiger charge is -2.58. The molecule has 2 unspecified atom stereocenters. The molecule has 4 aliphatic carbocycles. The molecule has 7 rings (SSSR count). The van der Waals surface area contributed by atoms with Crippen LogP contribution in [0.5, 0.6) is 5.88 Å². The SMILES string of the molecule is CC(C)COc1c(C(=O)N[C@H]2C3CC4CC2C[C@](O)(C4)C3)cnn1CCN1CCN(c2ncccn2)CC1. The molecule has 1 amide bonds. The van der Waals surface area contributed by atoms with Gasteiger partial charge in [0.25, 0.3) is 5.91 Å². The molecular weight excluding hydrogens is 482 g/mol. The van der Waals surface area contributed by atoms with Gasteiger partial charge in [0.05, 0.1) is 24.9 Å². The number of aromatic nitrogens is 4. The van der Waals surface area contributed by atoms with E-state index >= 15 is 0 Å². The molecule has 10 nitrogen and oxygen atoms in total. The fourth-order valence-corrected chi connectivity index (χ4v) is 7.40. The van der Waals surface area contributed by atoms with Crippen LogP contribution in [0.4, 0.5) is 5.95 Å². The molecule has 4 bridgehead atoms. The second-order valence-corrected chi connectivity index (χ2v) is 12.4. The lowest BCUT2D eigenvalue weighted by molar-refractivity contribution is -0.136. The first-order valence-electron chi connectivity index (χ1n) is 14.3. The van der Waals surface area contributed by atoms with Crippen molar-refractivity contribution in [3.8, 4) is 5.88 Å². The number of ether oxygens (including phenoxy) is 1. The molecular formula is C28H41N7O3. The Bertz CT molecular complexity index is 1100. The zero-order valence-corrected chi connectivity index (χ0v) is 22.6. The molecule has 2 aromatic heterocycles. The number of aliphatic hydroxyl groups is 1. The summed E-state index contributed by atoms with van der Waals surface area (Å²) in [5, 5.41) is 18.9. The Morgan fingerprint density at radius 3 is 2.47 bits per heavy atom. The maximum absolute atomic E-state index is 13.5. The Hall–Kier alpha value is -2.72. The number of carbonyl (C=O) groups is 1. The summed E-state index contributed by atoms with van der Waals surface area (Å²) in [6, 6.07) is 1.97. The topological polar surface area (TPSA) is 109 Å². The van der Waals surface area contributed by atoms with Gasteiger partial charge in [-0.05, 0) is 61.8 Å². The molecule has 0 spiro atoms. The van der Waals surface area contributed by atoms with Gasteiger partial charge in [-0.1, -0.05) is 13.8 Å². The van der Waals surface area contributed by atoms with E-state index < -0.39 is 5.60 Å². The van der Waals surface area contributed by atoms with Crippen molar-refractivity contribution < 1.29 is 14.6 Å². The standard InChI is InChI=1S/C28H41N7O3/c1-19(2)18-38-26-23(25(36)32-24-21-12-20-13-22(24)16-28(37,14-20)15-21)17-31-35(26)11-8-33-6-9-34(10-7-33)27-29-4-3-5-30-27/h3-5,17,19-22,24,37H,6-16,18H2,1-2H3,(H,32,36)/t20?,21?,22?,24-,28-. The number of amides is 1. The zero-order valence-electron chi connectivity index (χ0n) is 22.6. The van der Waals surface area contributed by atoms with Crippen LogP contribution in [0.1, 0.15) is 56.3 Å². The third-order valence-electron chi connectivity index (χ3n) is 8.96. The van der Waals surface area contributed by atoms with Gasteiger partial charge in [-0.2, -0.15) is 5.10 Å². The van der Waals surface area contributed by atoms with Gasteiger partial charge in [-0.25, -0.2) is 14.6 Å². The number of rotatable bonds is 9. The molecule has 4 saturated carbocycles. The molecule has 0 radical (unpaired) electrons. The molecule has 5 aliphatic rings. The van der Waals surface area contributed by atoms with Crippen molar-refractivity contribution in [2.45, 2.75) is 64.1 Å². The van der Waals surface area contributed by atoms with Gasteiger partial charge in [0, 0.05) is 51.2 Å². The average Bonchev–Trinajstić information content (AvgIpc) is 3.31. The second-order valence-electron chi connectivity index (χ2n) is 12.4. The van der Waals surface area contributed by atoms with Gasteiger partial charge in [0.15, 0.2) is 0 Å². The van der Waals surface area contributed by atoms with Gasteiger partial charge < -0.3 is 20.1 Å². The van der Waals surface area contributed by atoms with Gasteiger partial charge in [0.2, 0.25) is 11.8 Å². The fourth-order valence-electron chi connectivity index (χ4n) is 7.40. The molecule has 38 heavy (non-hydrogen) atoms. The van der Waals surface area contributed by atoms with Crippen molar-refractivity contribution in [3.63, 3.8) is 0 Å². The lowest BCUT2D eigenvalue weighted by atomic mass is 9.52. The Labute approximate surface area is 224 Å². The van der Waals surface area contributed by atoms with E-state index in [1.165, 1.54) is 0 Å². The maximum Gasteiger partial charge on any atom is 0.258 e. The predicted molar refractivity (Wildman–Crippen MR) is 143 cm³/mol. The number of anilines is 1. The van der Waals surface area contributed by atoms with Crippen molar-refractivity contribution in [3.05, 3.63) is 30.2 Å². The Kier molecular flexibility index (Phi) is 7.03. The summed E-state index contributed by atoms with van der Waals surface area (Å²) in [5.74, 6) is 2.93. The van der Waals surface area contributed by atoms with Crippen LogP contribution in [0.3, 0.4) is 0 Å². The number of nitrogens with zero attached hydrogens (tertiary/aromatic N) is 6. The van der Waals surface area contributed by atoms with E-state index in [-0.39, 0.29) is 11.9 Å². The minimum Gasteiger partial charge on any atom is -0.477 e. The highest BCUT2D eigenvalue weighted by Crippen LogP contribution is 2.55. The number of piperazine rings is 1. The normalized spacial score (nSPS) is 30.7. The molecule has 1 saturated heterocycles. The summed E-state index contributed by atoms with van der Waals surface area (Å²) >= 11 is 0. The van der Waals surface area contributed by atoms with E-state index in [1.807, 2.05) is 10.7 Å². The number of hydrogen-bond donors (Lipinski definition) is 2. The highest BCUT2D eigenvalue weighted by molar-refractivity contribution is 5.96. The zero-order chi connectivity index (χ0) is 26.3. The highest BCUT2D eigenvalue weighted by atomic mass is 16.5. The largest absolute Gasteiger partial charge is 0.477 e. The van der Waals surface area contributed by atoms with E-state index in [4.69, 9.17) is 4.74 Å². The molecule has 2 aromatic rings. The summed E-state index contributed by atoms with van der Waals surface area (Å²) in [6.07, 6.45) is 10.0. The first-order chi connectivity index (χ1) is 18.4. The van der Waals surface area contributed by atoms with Crippen LogP contribution < -0.4 is 15.0 Å². The molecule has 3 heterocycles. The first kappa shape index (κ1) is 25.6. The summed E-state index contributed by atoms with van der Waals surface area (Å²) in [5.41, 5.74) is 0.0116. The Morgan fingerprint density at radius 2 is 1.82 bits per heavy atom. The van der Waals surface area contributed by atoms with Gasteiger partial charge in [-0.15, -0.1) is 0 Å². The molecule has 0 aromatic carbocycles.